The average molecular weight is 259 g/mol. The second-order valence-corrected chi connectivity index (χ2v) is 3.96. The van der Waals surface area contributed by atoms with E-state index in [2.05, 4.69) is 15.2 Å². The van der Waals surface area contributed by atoms with Gasteiger partial charge < -0.3 is 10.5 Å². The summed E-state index contributed by atoms with van der Waals surface area (Å²) in [6, 6.07) is 3.89. The second-order valence-electron chi connectivity index (χ2n) is 3.96. The number of halogens is 1. The van der Waals surface area contributed by atoms with Gasteiger partial charge in [-0.1, -0.05) is 0 Å². The molecule has 3 aromatic rings. The van der Waals surface area contributed by atoms with Crippen LogP contribution in [0.5, 0.6) is 11.6 Å². The Bertz CT molecular complexity index is 755. The molecule has 0 spiro atoms. The van der Waals surface area contributed by atoms with E-state index in [1.54, 1.807) is 16.8 Å². The number of rotatable bonds is 2. The number of fused-ring (bicyclic) bond motifs is 1. The minimum atomic E-state index is -0.422. The van der Waals surface area contributed by atoms with E-state index in [0.29, 0.717) is 17.2 Å². The van der Waals surface area contributed by atoms with Crippen LogP contribution in [-0.4, -0.2) is 19.6 Å². The summed E-state index contributed by atoms with van der Waals surface area (Å²) in [6.07, 6.45) is 3.30. The lowest BCUT2D eigenvalue weighted by Crippen LogP contribution is -1.97. The molecule has 0 aliphatic rings. The number of nitrogens with two attached hydrogens (primary N) is 1. The molecule has 19 heavy (non-hydrogen) atoms. The summed E-state index contributed by atoms with van der Waals surface area (Å²) >= 11 is 0. The lowest BCUT2D eigenvalue weighted by Gasteiger charge is -2.07. The highest BCUT2D eigenvalue weighted by Crippen LogP contribution is 2.28. The third-order valence-electron chi connectivity index (χ3n) is 2.64. The van der Waals surface area contributed by atoms with Gasteiger partial charge >= 0.3 is 0 Å². The van der Waals surface area contributed by atoms with Gasteiger partial charge in [0.2, 0.25) is 5.65 Å². The molecular weight excluding hydrogens is 249 g/mol. The van der Waals surface area contributed by atoms with Crippen molar-refractivity contribution in [1.82, 2.24) is 19.6 Å². The first-order chi connectivity index (χ1) is 9.15. The molecule has 2 N–H and O–H groups in total. The number of aryl methyl sites for hydroxylation is 1. The van der Waals surface area contributed by atoms with Crippen LogP contribution >= 0.6 is 0 Å². The van der Waals surface area contributed by atoms with E-state index in [1.807, 2.05) is 6.92 Å². The molecule has 2 aromatic heterocycles. The van der Waals surface area contributed by atoms with E-state index in [9.17, 15) is 4.39 Å². The van der Waals surface area contributed by atoms with Gasteiger partial charge in [0, 0.05) is 18.5 Å². The maximum absolute atomic E-state index is 13.0. The molecule has 1 aromatic carbocycles. The van der Waals surface area contributed by atoms with E-state index in [-0.39, 0.29) is 11.6 Å². The van der Waals surface area contributed by atoms with Crippen molar-refractivity contribution in [3.8, 4) is 11.6 Å². The van der Waals surface area contributed by atoms with Crippen molar-refractivity contribution in [3.05, 3.63) is 42.2 Å². The average Bonchev–Trinajstić information content (AvgIpc) is 2.76. The van der Waals surface area contributed by atoms with Gasteiger partial charge in [0.25, 0.3) is 5.88 Å². The van der Waals surface area contributed by atoms with Crippen LogP contribution < -0.4 is 10.5 Å². The Morgan fingerprint density at radius 2 is 2.16 bits per heavy atom. The van der Waals surface area contributed by atoms with E-state index in [1.165, 1.54) is 18.2 Å². The molecular formula is C12H10FN5O. The quantitative estimate of drug-likeness (QED) is 0.711. The largest absolute Gasteiger partial charge is 0.434 e. The topological polar surface area (TPSA) is 78.3 Å². The van der Waals surface area contributed by atoms with Gasteiger partial charge in [0.1, 0.15) is 11.6 Å². The first-order valence-electron chi connectivity index (χ1n) is 5.54. The SMILES string of the molecule is Cc1nnc2c(Oc3ccc(F)cc3N)nccn12. The Morgan fingerprint density at radius 3 is 2.95 bits per heavy atom. The van der Waals surface area contributed by atoms with Gasteiger partial charge in [-0.25, -0.2) is 9.37 Å². The number of nitrogens with zero attached hydrogens (tertiary/aromatic N) is 4. The smallest absolute Gasteiger partial charge is 0.265 e. The zero-order valence-electron chi connectivity index (χ0n) is 10.0. The summed E-state index contributed by atoms with van der Waals surface area (Å²) in [5, 5.41) is 7.91. The Hall–Kier alpha value is -2.70. The molecule has 0 radical (unpaired) electrons. The number of benzene rings is 1. The first-order valence-corrected chi connectivity index (χ1v) is 5.54. The normalized spacial score (nSPS) is 10.8. The highest BCUT2D eigenvalue weighted by Gasteiger charge is 2.11. The van der Waals surface area contributed by atoms with Crippen LogP contribution in [0.15, 0.2) is 30.6 Å². The maximum atomic E-state index is 13.0. The van der Waals surface area contributed by atoms with Crippen molar-refractivity contribution >= 4 is 11.3 Å². The number of anilines is 1. The molecule has 2 heterocycles. The molecule has 0 aliphatic carbocycles. The molecule has 0 saturated carbocycles. The standard InChI is InChI=1S/C12H10FN5O/c1-7-16-17-11-12(15-4-5-18(7)11)19-10-3-2-8(13)6-9(10)14/h2-6H,14H2,1H3. The van der Waals surface area contributed by atoms with Crippen LogP contribution in [0.2, 0.25) is 0 Å². The Kier molecular flexibility index (Phi) is 2.52. The fraction of sp³-hybridized carbons (Fsp3) is 0.0833. The first kappa shape index (κ1) is 11.4. The number of hydrogen-bond donors (Lipinski definition) is 1. The van der Waals surface area contributed by atoms with Gasteiger partial charge in [-0.3, -0.25) is 4.40 Å². The molecule has 0 saturated heterocycles. The minimum absolute atomic E-state index is 0.194. The lowest BCUT2D eigenvalue weighted by molar-refractivity contribution is 0.465. The van der Waals surface area contributed by atoms with E-state index < -0.39 is 5.82 Å². The van der Waals surface area contributed by atoms with Gasteiger partial charge in [-0.15, -0.1) is 10.2 Å². The second kappa shape index (κ2) is 4.20. The molecule has 3 rings (SSSR count). The summed E-state index contributed by atoms with van der Waals surface area (Å²) in [5.74, 6) is 0.882. The summed E-state index contributed by atoms with van der Waals surface area (Å²) in [6.45, 7) is 1.82. The summed E-state index contributed by atoms with van der Waals surface area (Å²) < 4.78 is 20.3. The van der Waals surface area contributed by atoms with E-state index in [4.69, 9.17) is 10.5 Å². The summed E-state index contributed by atoms with van der Waals surface area (Å²) in [5.41, 5.74) is 6.35. The fourth-order valence-electron chi connectivity index (χ4n) is 1.71. The van der Waals surface area contributed by atoms with Crippen LogP contribution in [0.25, 0.3) is 5.65 Å². The van der Waals surface area contributed by atoms with Crippen molar-refractivity contribution in [3.63, 3.8) is 0 Å². The fourth-order valence-corrected chi connectivity index (χ4v) is 1.71. The van der Waals surface area contributed by atoms with E-state index >= 15 is 0 Å². The molecule has 6 nitrogen and oxygen atoms in total. The van der Waals surface area contributed by atoms with Crippen molar-refractivity contribution in [2.24, 2.45) is 0 Å². The molecule has 0 atom stereocenters. The molecule has 7 heteroatoms. The highest BCUT2D eigenvalue weighted by molar-refractivity contribution is 5.57. The van der Waals surface area contributed by atoms with Crippen LogP contribution in [0.4, 0.5) is 10.1 Å². The molecule has 0 fully saturated rings. The van der Waals surface area contributed by atoms with Crippen molar-refractivity contribution in [1.29, 1.82) is 0 Å². The van der Waals surface area contributed by atoms with Crippen LogP contribution in [-0.2, 0) is 0 Å². The number of nitrogen functional groups attached to an aromatic ring is 1. The van der Waals surface area contributed by atoms with E-state index in [0.717, 1.165) is 0 Å². The predicted molar refractivity (Wildman–Crippen MR) is 66.4 cm³/mol. The lowest BCUT2D eigenvalue weighted by atomic mass is 10.3. The van der Waals surface area contributed by atoms with Gasteiger partial charge in [0.15, 0.2) is 5.75 Å². The molecule has 96 valence electrons. The Morgan fingerprint density at radius 1 is 1.32 bits per heavy atom. The highest BCUT2D eigenvalue weighted by atomic mass is 19.1. The Labute approximate surface area is 107 Å². The minimum Gasteiger partial charge on any atom is -0.434 e. The third-order valence-corrected chi connectivity index (χ3v) is 2.64. The molecule has 0 aliphatic heterocycles. The number of hydrogen-bond acceptors (Lipinski definition) is 5. The van der Waals surface area contributed by atoms with Crippen LogP contribution in [0.3, 0.4) is 0 Å². The molecule has 0 amide bonds. The predicted octanol–water partition coefficient (Wildman–Crippen LogP) is 1.95. The number of ether oxygens (including phenoxy) is 1. The monoisotopic (exact) mass is 259 g/mol. The van der Waals surface area contributed by atoms with Crippen LogP contribution in [0, 0.1) is 12.7 Å². The van der Waals surface area contributed by atoms with Gasteiger partial charge in [-0.05, 0) is 19.1 Å². The summed E-state index contributed by atoms with van der Waals surface area (Å²) in [7, 11) is 0. The number of aromatic nitrogens is 4. The third kappa shape index (κ3) is 1.95. The van der Waals surface area contributed by atoms with Crippen molar-refractivity contribution in [2.75, 3.05) is 5.73 Å². The maximum Gasteiger partial charge on any atom is 0.265 e. The zero-order valence-corrected chi connectivity index (χ0v) is 10.0. The summed E-state index contributed by atoms with van der Waals surface area (Å²) in [4.78, 5) is 4.08. The van der Waals surface area contributed by atoms with Gasteiger partial charge in [0.05, 0.1) is 5.69 Å². The Balaban J connectivity index is 2.06. The van der Waals surface area contributed by atoms with Gasteiger partial charge in [-0.2, -0.15) is 0 Å². The molecule has 0 bridgehead atoms. The zero-order chi connectivity index (χ0) is 13.4. The van der Waals surface area contributed by atoms with Crippen molar-refractivity contribution in [2.45, 2.75) is 6.92 Å². The molecule has 0 unspecified atom stereocenters. The van der Waals surface area contributed by atoms with Crippen molar-refractivity contribution < 1.29 is 9.13 Å². The van der Waals surface area contributed by atoms with Crippen LogP contribution in [0.1, 0.15) is 5.82 Å².